The maximum atomic E-state index is 10.7. The summed E-state index contributed by atoms with van der Waals surface area (Å²) in [5, 5.41) is 13.3. The van der Waals surface area contributed by atoms with E-state index in [1.165, 1.54) is 46.9 Å². The summed E-state index contributed by atoms with van der Waals surface area (Å²) in [6.07, 6.45) is 9.35. The van der Waals surface area contributed by atoms with Gasteiger partial charge in [-0.15, -0.1) is 5.41 Å². The zero-order valence-corrected chi connectivity index (χ0v) is 30.5. The van der Waals surface area contributed by atoms with Crippen LogP contribution in [-0.4, -0.2) is 26.1 Å². The van der Waals surface area contributed by atoms with Crippen molar-refractivity contribution in [1.82, 2.24) is 4.90 Å². The van der Waals surface area contributed by atoms with Crippen LogP contribution in [0.3, 0.4) is 0 Å². The molecule has 45 heavy (non-hydrogen) atoms. The van der Waals surface area contributed by atoms with Gasteiger partial charge in [0.05, 0.1) is 0 Å². The SMILES string of the molecule is CC(C)Oc1ccc([N+](=O)[O-])cc1[CH]=[Ru]([Cl])[Cl].CCC1=C(N2[CH-]C(C)(c3ccc4ccccc4c3)CC2(C)C)[C@H](CC)CC=C1. The summed E-state index contributed by atoms with van der Waals surface area (Å²) in [6.45, 7) is 18.2. The zero-order chi connectivity index (χ0) is 32.9. The number of hydrogen-bond donors (Lipinski definition) is 0. The summed E-state index contributed by atoms with van der Waals surface area (Å²) in [5.74, 6) is 1.19. The molecule has 8 heteroatoms. The third-order valence-electron chi connectivity index (χ3n) is 8.62. The van der Waals surface area contributed by atoms with E-state index in [1.807, 2.05) is 13.8 Å². The van der Waals surface area contributed by atoms with Crippen molar-refractivity contribution in [2.24, 2.45) is 5.92 Å². The van der Waals surface area contributed by atoms with Gasteiger partial charge in [-0.2, -0.15) is 0 Å². The minimum atomic E-state index is -2.05. The van der Waals surface area contributed by atoms with E-state index in [0.29, 0.717) is 17.2 Å². The van der Waals surface area contributed by atoms with E-state index in [0.717, 1.165) is 12.8 Å². The van der Waals surface area contributed by atoms with Crippen LogP contribution >= 0.6 is 19.4 Å². The molecule has 0 aromatic heterocycles. The van der Waals surface area contributed by atoms with E-state index in [2.05, 4.69) is 101 Å². The Bertz CT molecular complexity index is 1630. The van der Waals surface area contributed by atoms with E-state index >= 15 is 0 Å². The van der Waals surface area contributed by atoms with Crippen molar-refractivity contribution in [1.29, 1.82) is 0 Å². The first-order chi connectivity index (χ1) is 21.3. The van der Waals surface area contributed by atoms with Gasteiger partial charge in [0, 0.05) is 5.54 Å². The molecule has 1 fully saturated rings. The molecule has 1 aliphatic carbocycles. The minimum absolute atomic E-state index is 0.00360. The number of halogens is 2. The van der Waals surface area contributed by atoms with E-state index in [-0.39, 0.29) is 22.7 Å². The average Bonchev–Trinajstić information content (AvgIpc) is 3.25. The van der Waals surface area contributed by atoms with Gasteiger partial charge in [-0.05, 0) is 67.5 Å². The predicted octanol–water partition coefficient (Wildman–Crippen LogP) is 10.9. The van der Waals surface area contributed by atoms with Crippen LogP contribution < -0.4 is 4.74 Å². The summed E-state index contributed by atoms with van der Waals surface area (Å²) in [6, 6.07) is 20.1. The van der Waals surface area contributed by atoms with Crippen LogP contribution in [0.4, 0.5) is 5.69 Å². The van der Waals surface area contributed by atoms with Gasteiger partial charge in [0.15, 0.2) is 0 Å². The first-order valence-electron chi connectivity index (χ1n) is 15.6. The van der Waals surface area contributed by atoms with Crippen LogP contribution in [0.2, 0.25) is 0 Å². The third kappa shape index (κ3) is 8.45. The van der Waals surface area contributed by atoms with Gasteiger partial charge >= 0.3 is 112 Å². The van der Waals surface area contributed by atoms with Crippen molar-refractivity contribution in [2.75, 3.05) is 0 Å². The van der Waals surface area contributed by atoms with Crippen LogP contribution in [-0.2, 0) is 18.9 Å². The summed E-state index contributed by atoms with van der Waals surface area (Å²) in [4.78, 5) is 12.9. The molecule has 0 bridgehead atoms. The number of rotatable bonds is 8. The molecular weight excluding hydrogens is 692 g/mol. The van der Waals surface area contributed by atoms with Gasteiger partial charge in [0.25, 0.3) is 0 Å². The molecule has 1 unspecified atom stereocenters. The van der Waals surface area contributed by atoms with Gasteiger partial charge < -0.3 is 4.90 Å². The first-order valence-corrected chi connectivity index (χ1v) is 21.1. The molecule has 3 aromatic carbocycles. The largest absolute Gasteiger partial charge is 0.520 e. The van der Waals surface area contributed by atoms with E-state index in [4.69, 9.17) is 24.1 Å². The topological polar surface area (TPSA) is 55.6 Å². The van der Waals surface area contributed by atoms with Gasteiger partial charge in [-0.25, -0.2) is 6.54 Å². The second-order valence-electron chi connectivity index (χ2n) is 12.9. The number of nitro benzene ring substituents is 1. The second-order valence-corrected chi connectivity index (χ2v) is 18.7. The van der Waals surface area contributed by atoms with Crippen molar-refractivity contribution < 1.29 is 23.2 Å². The Labute approximate surface area is 281 Å². The molecule has 2 aliphatic rings. The Kier molecular flexibility index (Phi) is 11.7. The van der Waals surface area contributed by atoms with Gasteiger partial charge in [-0.1, -0.05) is 81.0 Å². The standard InChI is InChI=1S/C27H34N.C10H11NO3.2ClH.Ru/c1-6-20-13-10-14-21(7-2)25(20)28-19-27(5,18-26(28,3)4)24-16-15-22-11-8-9-12-23(22)17-24;1-7(2)14-10-5-4-9(11(12)13)6-8(10)3;;;/h8-13,15-17,19,21H,6-7,14,18H2,1-5H3;3-7H,1-2H3;2*1H;/q-1;;;;+2/p-2/t21-,27?;;;;/m1..../s1. The van der Waals surface area contributed by atoms with Crippen molar-refractivity contribution in [3.8, 4) is 5.75 Å². The molecular formula is C37H45Cl2N2O3Ru-. The number of fused-ring (bicyclic) bond motifs is 1. The molecule has 1 aliphatic heterocycles. The Morgan fingerprint density at radius 3 is 2.42 bits per heavy atom. The number of nitrogens with zero attached hydrogens (tertiary/aromatic N) is 2. The Morgan fingerprint density at radius 2 is 1.80 bits per heavy atom. The number of hydrogen-bond acceptors (Lipinski definition) is 4. The normalized spacial score (nSPS) is 21.1. The zero-order valence-electron chi connectivity index (χ0n) is 27.3. The van der Waals surface area contributed by atoms with Crippen molar-refractivity contribution >= 4 is 40.5 Å². The van der Waals surface area contributed by atoms with E-state index in [9.17, 15) is 10.1 Å². The summed E-state index contributed by atoms with van der Waals surface area (Å²) in [5.41, 5.74) is 5.27. The fourth-order valence-corrected chi connectivity index (χ4v) is 8.41. The molecule has 1 saturated heterocycles. The monoisotopic (exact) mass is 737 g/mol. The average molecular weight is 738 g/mol. The number of allylic oxidation sites excluding steroid dienone is 4. The molecule has 3 aromatic rings. The van der Waals surface area contributed by atoms with Crippen LogP contribution in [0.5, 0.6) is 5.75 Å². The first kappa shape index (κ1) is 35.3. The maximum Gasteiger partial charge on any atom is 0.00420 e. The van der Waals surface area contributed by atoms with Crippen LogP contribution in [0.25, 0.3) is 10.8 Å². The Balaban J connectivity index is 0.000000233. The molecule has 0 radical (unpaired) electrons. The molecule has 1 heterocycles. The fraction of sp³-hybridized carbons (Fsp3) is 0.405. The molecule has 0 spiro atoms. The molecule has 5 rings (SSSR count). The maximum absolute atomic E-state index is 10.7. The quantitative estimate of drug-likeness (QED) is 0.1000. The Morgan fingerprint density at radius 1 is 1.09 bits per heavy atom. The van der Waals surface area contributed by atoms with Crippen molar-refractivity contribution in [3.05, 3.63) is 112 Å². The van der Waals surface area contributed by atoms with Gasteiger partial charge in [-0.3, -0.25) is 0 Å². The summed E-state index contributed by atoms with van der Waals surface area (Å²) >= 11 is -2.05. The number of nitro groups is 1. The number of ether oxygens (including phenoxy) is 1. The smallest absolute Gasteiger partial charge is 0.00420 e. The van der Waals surface area contributed by atoms with Crippen LogP contribution in [0, 0.1) is 22.6 Å². The van der Waals surface area contributed by atoms with Crippen LogP contribution in [0.15, 0.2) is 84.1 Å². The third-order valence-corrected chi connectivity index (χ3v) is 10.5. The van der Waals surface area contributed by atoms with Crippen molar-refractivity contribution in [3.63, 3.8) is 0 Å². The Hall–Kier alpha value is -2.53. The van der Waals surface area contributed by atoms with E-state index < -0.39 is 18.4 Å². The molecule has 244 valence electrons. The minimum Gasteiger partial charge on any atom is -0.520 e. The summed E-state index contributed by atoms with van der Waals surface area (Å²) in [7, 11) is 11.6. The molecule has 0 saturated carbocycles. The number of benzene rings is 3. The number of non-ortho nitro benzene ring substituents is 1. The molecule has 0 amide bonds. The van der Waals surface area contributed by atoms with Gasteiger partial charge in [0.1, 0.15) is 0 Å². The second kappa shape index (κ2) is 14.9. The predicted molar refractivity (Wildman–Crippen MR) is 187 cm³/mol. The van der Waals surface area contributed by atoms with Gasteiger partial charge in [0.2, 0.25) is 0 Å². The molecule has 2 atom stereocenters. The molecule has 5 nitrogen and oxygen atoms in total. The fourth-order valence-electron chi connectivity index (χ4n) is 6.62. The number of likely N-dealkylation sites (tertiary alicyclic amines) is 1. The molecule has 0 N–H and O–H groups in total. The van der Waals surface area contributed by atoms with Crippen molar-refractivity contribution in [2.45, 2.75) is 91.2 Å². The van der Waals surface area contributed by atoms with E-state index in [1.54, 1.807) is 16.4 Å². The van der Waals surface area contributed by atoms with Crippen LogP contribution in [0.1, 0.15) is 85.3 Å². The summed E-state index contributed by atoms with van der Waals surface area (Å²) < 4.78 is 7.17.